The summed E-state index contributed by atoms with van der Waals surface area (Å²) in [6, 6.07) is 26.2. The van der Waals surface area contributed by atoms with Gasteiger partial charge in [-0.15, -0.1) is 0 Å². The molecule has 0 radical (unpaired) electrons. The van der Waals surface area contributed by atoms with E-state index < -0.39 is 11.9 Å². The van der Waals surface area contributed by atoms with E-state index in [0.717, 1.165) is 0 Å². The lowest BCUT2D eigenvalue weighted by atomic mass is 10.1. The zero-order chi connectivity index (χ0) is 26.9. The van der Waals surface area contributed by atoms with E-state index in [1.165, 1.54) is 12.3 Å². The van der Waals surface area contributed by atoms with Crippen LogP contribution in [0.25, 0.3) is 0 Å². The number of benzene rings is 4. The van der Waals surface area contributed by atoms with Crippen LogP contribution in [0.3, 0.4) is 0 Å². The van der Waals surface area contributed by atoms with Crippen molar-refractivity contribution in [2.45, 2.75) is 0 Å². The maximum absolute atomic E-state index is 12.6. The second-order valence-corrected chi connectivity index (χ2v) is 8.33. The summed E-state index contributed by atoms with van der Waals surface area (Å²) in [4.78, 5) is 37.6. The number of nitrogens with one attached hydrogen (secondary N) is 2. The first-order valence-electron chi connectivity index (χ1n) is 11.4. The first-order chi connectivity index (χ1) is 18.4. The second-order valence-electron chi connectivity index (χ2n) is 7.90. The van der Waals surface area contributed by atoms with Crippen LogP contribution in [0.2, 0.25) is 5.02 Å². The van der Waals surface area contributed by atoms with Crippen LogP contribution in [0.5, 0.6) is 11.5 Å². The predicted molar refractivity (Wildman–Crippen MR) is 145 cm³/mol. The smallest absolute Gasteiger partial charge is 0.343 e. The van der Waals surface area contributed by atoms with Crippen molar-refractivity contribution in [2.24, 2.45) is 5.10 Å². The van der Waals surface area contributed by atoms with Crippen molar-refractivity contribution in [3.8, 4) is 11.5 Å². The largest absolute Gasteiger partial charge is 0.497 e. The minimum absolute atomic E-state index is 0.272. The molecule has 4 aromatic carbocycles. The first kappa shape index (κ1) is 26.1. The Bertz CT molecular complexity index is 1490. The summed E-state index contributed by atoms with van der Waals surface area (Å²) < 4.78 is 10.6. The number of hydrazone groups is 1. The van der Waals surface area contributed by atoms with Crippen molar-refractivity contribution in [1.82, 2.24) is 5.43 Å². The fraction of sp³-hybridized carbons (Fsp3) is 0.0345. The summed E-state index contributed by atoms with van der Waals surface area (Å²) in [5.74, 6) is -0.456. The molecule has 0 heterocycles. The van der Waals surface area contributed by atoms with Gasteiger partial charge in [-0.05, 0) is 78.9 Å². The van der Waals surface area contributed by atoms with Gasteiger partial charge in [0.1, 0.15) is 11.5 Å². The molecule has 190 valence electrons. The van der Waals surface area contributed by atoms with E-state index in [2.05, 4.69) is 15.8 Å². The Labute approximate surface area is 223 Å². The van der Waals surface area contributed by atoms with Crippen LogP contribution in [0, 0.1) is 0 Å². The van der Waals surface area contributed by atoms with Crippen LogP contribution in [0.1, 0.15) is 36.6 Å². The fourth-order valence-corrected chi connectivity index (χ4v) is 3.46. The monoisotopic (exact) mass is 527 g/mol. The highest BCUT2D eigenvalue weighted by atomic mass is 35.5. The van der Waals surface area contributed by atoms with Crippen molar-refractivity contribution in [1.29, 1.82) is 0 Å². The lowest BCUT2D eigenvalue weighted by Crippen LogP contribution is -2.18. The molecule has 0 aromatic heterocycles. The highest BCUT2D eigenvalue weighted by Crippen LogP contribution is 2.19. The van der Waals surface area contributed by atoms with Crippen LogP contribution in [-0.2, 0) is 0 Å². The van der Waals surface area contributed by atoms with Crippen molar-refractivity contribution < 1.29 is 23.9 Å². The third-order valence-electron chi connectivity index (χ3n) is 5.31. The molecule has 0 aliphatic rings. The summed E-state index contributed by atoms with van der Waals surface area (Å²) in [5.41, 5.74) is 4.44. The Morgan fingerprint density at radius 2 is 1.50 bits per heavy atom. The van der Waals surface area contributed by atoms with E-state index in [-0.39, 0.29) is 17.2 Å². The molecule has 0 saturated carbocycles. The van der Waals surface area contributed by atoms with Gasteiger partial charge in [0.2, 0.25) is 0 Å². The molecule has 4 aromatic rings. The lowest BCUT2D eigenvalue weighted by molar-refractivity contribution is 0.0734. The van der Waals surface area contributed by atoms with E-state index in [4.69, 9.17) is 21.1 Å². The van der Waals surface area contributed by atoms with Gasteiger partial charge < -0.3 is 14.8 Å². The maximum atomic E-state index is 12.6. The molecule has 0 bridgehead atoms. The number of anilines is 1. The van der Waals surface area contributed by atoms with Gasteiger partial charge in [0.05, 0.1) is 18.9 Å². The summed E-state index contributed by atoms with van der Waals surface area (Å²) in [7, 11) is 1.55. The van der Waals surface area contributed by atoms with Crippen LogP contribution in [0.4, 0.5) is 5.69 Å². The van der Waals surface area contributed by atoms with Crippen molar-refractivity contribution in [3.05, 3.63) is 124 Å². The van der Waals surface area contributed by atoms with E-state index in [1.807, 2.05) is 0 Å². The Morgan fingerprint density at radius 3 is 2.24 bits per heavy atom. The molecule has 4 rings (SSSR count). The number of para-hydroxylation sites is 1. The lowest BCUT2D eigenvalue weighted by Gasteiger charge is -2.08. The Kier molecular flexibility index (Phi) is 8.48. The topological polar surface area (TPSA) is 106 Å². The van der Waals surface area contributed by atoms with Crippen LogP contribution < -0.4 is 20.2 Å². The number of halogens is 1. The molecule has 0 spiro atoms. The van der Waals surface area contributed by atoms with Gasteiger partial charge in [0, 0.05) is 27.4 Å². The number of nitrogens with zero attached hydrogens (tertiary/aromatic N) is 1. The van der Waals surface area contributed by atoms with Crippen LogP contribution in [-0.4, -0.2) is 31.1 Å². The normalized spacial score (nSPS) is 10.6. The van der Waals surface area contributed by atoms with Crippen molar-refractivity contribution >= 4 is 41.3 Å². The van der Waals surface area contributed by atoms with Crippen LogP contribution in [0.15, 0.2) is 102 Å². The molecule has 0 aliphatic heterocycles. The Hall–Kier alpha value is -4.95. The highest BCUT2D eigenvalue weighted by molar-refractivity contribution is 6.30. The number of rotatable bonds is 8. The molecule has 2 N–H and O–H groups in total. The SMILES string of the molecule is COc1ccc(C(=O)Nc2cccc(C(=O)NN=Cc3ccccc3OC(=O)c3ccc(Cl)cc3)c2)cc1. The third-order valence-corrected chi connectivity index (χ3v) is 5.56. The summed E-state index contributed by atoms with van der Waals surface area (Å²) >= 11 is 5.87. The molecule has 0 atom stereocenters. The van der Waals surface area contributed by atoms with Crippen molar-refractivity contribution in [3.63, 3.8) is 0 Å². The van der Waals surface area contributed by atoms with Crippen molar-refractivity contribution in [2.75, 3.05) is 12.4 Å². The number of methoxy groups -OCH3 is 1. The molecular formula is C29H22ClN3O5. The zero-order valence-corrected chi connectivity index (χ0v) is 20.9. The van der Waals surface area contributed by atoms with E-state index in [1.54, 1.807) is 98.1 Å². The molecular weight excluding hydrogens is 506 g/mol. The van der Waals surface area contributed by atoms with Crippen LogP contribution >= 0.6 is 11.6 Å². The Balaban J connectivity index is 1.38. The third kappa shape index (κ3) is 6.83. The quantitative estimate of drug-likeness (QED) is 0.135. The molecule has 0 aliphatic carbocycles. The average molecular weight is 528 g/mol. The molecule has 9 heteroatoms. The Morgan fingerprint density at radius 1 is 0.789 bits per heavy atom. The second kappa shape index (κ2) is 12.3. The molecule has 0 fully saturated rings. The van der Waals surface area contributed by atoms with Gasteiger partial charge in [-0.25, -0.2) is 10.2 Å². The number of ether oxygens (including phenoxy) is 2. The number of hydrogen-bond acceptors (Lipinski definition) is 6. The number of amides is 2. The molecule has 2 amide bonds. The minimum Gasteiger partial charge on any atom is -0.497 e. The fourth-order valence-electron chi connectivity index (χ4n) is 3.33. The number of esters is 1. The molecule has 8 nitrogen and oxygen atoms in total. The standard InChI is InChI=1S/C29H22ClN3O5/c1-37-25-15-11-19(12-16-25)27(34)32-24-7-4-6-21(17-24)28(35)33-31-18-22-5-2-3-8-26(22)38-29(36)20-9-13-23(30)14-10-20/h2-18H,1H3,(H,32,34)(H,33,35). The summed E-state index contributed by atoms with van der Waals surface area (Å²) in [5, 5.41) is 7.26. The maximum Gasteiger partial charge on any atom is 0.343 e. The average Bonchev–Trinajstić information content (AvgIpc) is 2.94. The summed E-state index contributed by atoms with van der Waals surface area (Å²) in [6.45, 7) is 0. The van der Waals surface area contributed by atoms with Gasteiger partial charge in [-0.2, -0.15) is 5.10 Å². The van der Waals surface area contributed by atoms with E-state index in [0.29, 0.717) is 33.1 Å². The predicted octanol–water partition coefficient (Wildman–Crippen LogP) is 5.58. The van der Waals surface area contributed by atoms with Gasteiger partial charge in [0.15, 0.2) is 0 Å². The zero-order valence-electron chi connectivity index (χ0n) is 20.2. The highest BCUT2D eigenvalue weighted by Gasteiger charge is 2.12. The van der Waals surface area contributed by atoms with Gasteiger partial charge in [-0.3, -0.25) is 9.59 Å². The van der Waals surface area contributed by atoms with Gasteiger partial charge in [-0.1, -0.05) is 29.8 Å². The van der Waals surface area contributed by atoms with Gasteiger partial charge in [0.25, 0.3) is 11.8 Å². The van der Waals surface area contributed by atoms with E-state index in [9.17, 15) is 14.4 Å². The number of hydrogen-bond donors (Lipinski definition) is 2. The van der Waals surface area contributed by atoms with E-state index >= 15 is 0 Å². The number of carbonyl (C=O) groups is 3. The molecule has 0 saturated heterocycles. The van der Waals surface area contributed by atoms with Gasteiger partial charge >= 0.3 is 5.97 Å². The first-order valence-corrected chi connectivity index (χ1v) is 11.8. The number of carbonyl (C=O) groups excluding carboxylic acids is 3. The molecule has 0 unspecified atom stereocenters. The minimum atomic E-state index is -0.556. The molecule has 38 heavy (non-hydrogen) atoms. The summed E-state index contributed by atoms with van der Waals surface area (Å²) in [6.07, 6.45) is 1.37.